The number of rotatable bonds is 5. The summed E-state index contributed by atoms with van der Waals surface area (Å²) in [5.41, 5.74) is 4.14. The molecule has 1 N–H and O–H groups in total. The molecule has 31 heavy (non-hydrogen) atoms. The zero-order valence-corrected chi connectivity index (χ0v) is 18.0. The van der Waals surface area contributed by atoms with Gasteiger partial charge in [-0.15, -0.1) is 0 Å². The SMILES string of the molecule is O=C(c1cn[nH]c1-c1ccccc1)N1CCC2(CCCN(CCc3ccccc3)C2)C1. The van der Waals surface area contributed by atoms with Crippen LogP contribution >= 0.6 is 0 Å². The molecule has 2 saturated heterocycles. The average molecular weight is 415 g/mol. The minimum atomic E-state index is 0.103. The zero-order valence-electron chi connectivity index (χ0n) is 18.0. The van der Waals surface area contributed by atoms with E-state index < -0.39 is 0 Å². The molecule has 3 heterocycles. The smallest absolute Gasteiger partial charge is 0.257 e. The van der Waals surface area contributed by atoms with Crippen molar-refractivity contribution in [2.24, 2.45) is 5.41 Å². The maximum Gasteiger partial charge on any atom is 0.257 e. The van der Waals surface area contributed by atoms with Crippen molar-refractivity contribution in [1.29, 1.82) is 0 Å². The molecule has 3 aromatic rings. The highest BCUT2D eigenvalue weighted by Gasteiger charge is 2.43. The van der Waals surface area contributed by atoms with Gasteiger partial charge in [0, 0.05) is 37.2 Å². The molecule has 2 aliphatic heterocycles. The number of nitrogens with one attached hydrogen (secondary N) is 1. The molecule has 1 unspecified atom stereocenters. The van der Waals surface area contributed by atoms with Crippen LogP contribution in [0, 0.1) is 5.41 Å². The Morgan fingerprint density at radius 3 is 2.55 bits per heavy atom. The maximum atomic E-state index is 13.4. The second kappa shape index (κ2) is 8.67. The summed E-state index contributed by atoms with van der Waals surface area (Å²) in [4.78, 5) is 18.0. The second-order valence-electron chi connectivity index (χ2n) is 9.12. The van der Waals surface area contributed by atoms with Gasteiger partial charge in [-0.05, 0) is 37.8 Å². The number of hydrogen-bond donors (Lipinski definition) is 1. The molecule has 5 nitrogen and oxygen atoms in total. The number of amides is 1. The van der Waals surface area contributed by atoms with Gasteiger partial charge in [-0.3, -0.25) is 9.89 Å². The highest BCUT2D eigenvalue weighted by Crippen LogP contribution is 2.40. The van der Waals surface area contributed by atoms with Crippen molar-refractivity contribution < 1.29 is 4.79 Å². The number of carbonyl (C=O) groups is 1. The molecule has 1 atom stereocenters. The lowest BCUT2D eigenvalue weighted by molar-refractivity contribution is 0.0693. The number of carbonyl (C=O) groups excluding carboxylic acids is 1. The predicted octanol–water partition coefficient (Wildman–Crippen LogP) is 4.25. The number of likely N-dealkylation sites (tertiary alicyclic amines) is 2. The van der Waals surface area contributed by atoms with Crippen LogP contribution in [0.4, 0.5) is 0 Å². The number of hydrogen-bond acceptors (Lipinski definition) is 3. The van der Waals surface area contributed by atoms with Crippen LogP contribution in [-0.4, -0.2) is 58.6 Å². The number of aromatic amines is 1. The third-order valence-electron chi connectivity index (χ3n) is 6.96. The fourth-order valence-electron chi connectivity index (χ4n) is 5.32. The van der Waals surface area contributed by atoms with Crippen molar-refractivity contribution in [2.75, 3.05) is 32.7 Å². The Morgan fingerprint density at radius 2 is 1.74 bits per heavy atom. The third kappa shape index (κ3) is 4.28. The Morgan fingerprint density at radius 1 is 0.968 bits per heavy atom. The highest BCUT2D eigenvalue weighted by atomic mass is 16.2. The molecule has 0 aliphatic carbocycles. The van der Waals surface area contributed by atoms with Crippen molar-refractivity contribution >= 4 is 5.91 Å². The molecule has 0 saturated carbocycles. The van der Waals surface area contributed by atoms with E-state index in [-0.39, 0.29) is 11.3 Å². The Balaban J connectivity index is 1.24. The van der Waals surface area contributed by atoms with Gasteiger partial charge < -0.3 is 9.80 Å². The first-order chi connectivity index (χ1) is 15.2. The quantitative estimate of drug-likeness (QED) is 0.679. The molecule has 160 valence electrons. The lowest BCUT2D eigenvalue weighted by Crippen LogP contribution is -2.46. The molecule has 2 fully saturated rings. The summed E-state index contributed by atoms with van der Waals surface area (Å²) in [5, 5.41) is 7.21. The summed E-state index contributed by atoms with van der Waals surface area (Å²) in [6.45, 7) is 5.06. The summed E-state index contributed by atoms with van der Waals surface area (Å²) in [7, 11) is 0. The summed E-state index contributed by atoms with van der Waals surface area (Å²) in [6, 6.07) is 20.7. The predicted molar refractivity (Wildman–Crippen MR) is 123 cm³/mol. The lowest BCUT2D eigenvalue weighted by atomic mass is 9.79. The van der Waals surface area contributed by atoms with E-state index in [4.69, 9.17) is 0 Å². The van der Waals surface area contributed by atoms with Gasteiger partial charge in [0.05, 0.1) is 17.5 Å². The molecule has 5 rings (SSSR count). The van der Waals surface area contributed by atoms with Crippen LogP contribution < -0.4 is 0 Å². The first kappa shape index (κ1) is 20.0. The average Bonchev–Trinajstić information content (AvgIpc) is 3.47. The van der Waals surface area contributed by atoms with E-state index in [9.17, 15) is 4.79 Å². The minimum Gasteiger partial charge on any atom is -0.338 e. The molecule has 0 bridgehead atoms. The normalized spacial score (nSPS) is 21.6. The third-order valence-corrected chi connectivity index (χ3v) is 6.96. The minimum absolute atomic E-state index is 0.103. The van der Waals surface area contributed by atoms with Crippen molar-refractivity contribution in [2.45, 2.75) is 25.7 Å². The van der Waals surface area contributed by atoms with Gasteiger partial charge in [0.1, 0.15) is 0 Å². The fourth-order valence-corrected chi connectivity index (χ4v) is 5.32. The topological polar surface area (TPSA) is 52.2 Å². The standard InChI is InChI=1S/C26H30N4O/c31-25(23-18-27-28-24(23)22-10-5-2-6-11-22)30-17-14-26(20-30)13-7-15-29(19-26)16-12-21-8-3-1-4-9-21/h1-6,8-11,18H,7,12-17,19-20H2,(H,27,28). The van der Waals surface area contributed by atoms with Gasteiger partial charge in [-0.2, -0.15) is 5.10 Å². The van der Waals surface area contributed by atoms with E-state index in [1.54, 1.807) is 6.20 Å². The Labute approximate surface area is 184 Å². The van der Waals surface area contributed by atoms with Crippen molar-refractivity contribution in [3.05, 3.63) is 78.0 Å². The van der Waals surface area contributed by atoms with Gasteiger partial charge in [0.2, 0.25) is 0 Å². The van der Waals surface area contributed by atoms with E-state index in [1.807, 2.05) is 30.3 Å². The van der Waals surface area contributed by atoms with Gasteiger partial charge in [-0.25, -0.2) is 0 Å². The van der Waals surface area contributed by atoms with Gasteiger partial charge in [0.25, 0.3) is 5.91 Å². The Bertz CT molecular complexity index is 1020. The summed E-state index contributed by atoms with van der Waals surface area (Å²) in [6.07, 6.45) is 6.31. The van der Waals surface area contributed by atoms with Gasteiger partial charge in [0.15, 0.2) is 0 Å². The van der Waals surface area contributed by atoms with Crippen molar-refractivity contribution in [1.82, 2.24) is 20.0 Å². The lowest BCUT2D eigenvalue weighted by Gasteiger charge is -2.40. The van der Waals surface area contributed by atoms with E-state index in [1.165, 1.54) is 24.9 Å². The largest absolute Gasteiger partial charge is 0.338 e. The Hall–Kier alpha value is -2.92. The molecule has 2 aliphatic rings. The summed E-state index contributed by atoms with van der Waals surface area (Å²) in [5.74, 6) is 0.103. The number of nitrogens with zero attached hydrogens (tertiary/aromatic N) is 3. The number of aromatic nitrogens is 2. The number of piperidine rings is 1. The first-order valence-corrected chi connectivity index (χ1v) is 11.4. The van der Waals surface area contributed by atoms with Gasteiger partial charge >= 0.3 is 0 Å². The van der Waals surface area contributed by atoms with Crippen LogP contribution in [-0.2, 0) is 6.42 Å². The van der Waals surface area contributed by atoms with E-state index in [0.29, 0.717) is 5.56 Å². The molecular formula is C26H30N4O. The monoisotopic (exact) mass is 414 g/mol. The molecule has 2 aromatic carbocycles. The highest BCUT2D eigenvalue weighted by molar-refractivity contribution is 5.99. The summed E-state index contributed by atoms with van der Waals surface area (Å²) < 4.78 is 0. The van der Waals surface area contributed by atoms with Crippen LogP contribution in [0.2, 0.25) is 0 Å². The fraction of sp³-hybridized carbons (Fsp3) is 0.385. The van der Waals surface area contributed by atoms with Crippen molar-refractivity contribution in [3.63, 3.8) is 0 Å². The molecule has 1 amide bonds. The zero-order chi connectivity index (χ0) is 21.1. The van der Waals surface area contributed by atoms with E-state index >= 15 is 0 Å². The van der Waals surface area contributed by atoms with Crippen LogP contribution in [0.3, 0.4) is 0 Å². The first-order valence-electron chi connectivity index (χ1n) is 11.4. The van der Waals surface area contributed by atoms with Crippen LogP contribution in [0.1, 0.15) is 35.2 Å². The molecular weight excluding hydrogens is 384 g/mol. The van der Waals surface area contributed by atoms with Crippen molar-refractivity contribution in [3.8, 4) is 11.3 Å². The van der Waals surface area contributed by atoms with Crippen LogP contribution in [0.25, 0.3) is 11.3 Å². The van der Waals surface area contributed by atoms with Crippen LogP contribution in [0.5, 0.6) is 0 Å². The molecule has 1 aromatic heterocycles. The molecule has 1 spiro atoms. The molecule has 5 heteroatoms. The maximum absolute atomic E-state index is 13.4. The van der Waals surface area contributed by atoms with E-state index in [2.05, 4.69) is 50.3 Å². The van der Waals surface area contributed by atoms with E-state index in [0.717, 1.165) is 50.3 Å². The number of H-pyrrole nitrogens is 1. The Kier molecular flexibility index (Phi) is 5.60. The van der Waals surface area contributed by atoms with Gasteiger partial charge in [-0.1, -0.05) is 60.7 Å². The summed E-state index contributed by atoms with van der Waals surface area (Å²) >= 11 is 0. The molecule has 0 radical (unpaired) electrons. The van der Waals surface area contributed by atoms with Crippen LogP contribution in [0.15, 0.2) is 66.9 Å². The number of benzene rings is 2. The second-order valence-corrected chi connectivity index (χ2v) is 9.12.